The van der Waals surface area contributed by atoms with E-state index in [1.807, 2.05) is 30.3 Å². The average molecular weight is 217 g/mol. The van der Waals surface area contributed by atoms with Crippen molar-refractivity contribution in [2.24, 2.45) is 5.41 Å². The third kappa shape index (κ3) is 1.47. The summed E-state index contributed by atoms with van der Waals surface area (Å²) in [6, 6.07) is 9.56. The zero-order chi connectivity index (χ0) is 11.2. The van der Waals surface area contributed by atoms with Crippen LogP contribution in [0.1, 0.15) is 19.3 Å². The van der Waals surface area contributed by atoms with Crippen LogP contribution in [-0.2, 0) is 4.79 Å². The molecule has 1 saturated heterocycles. The van der Waals surface area contributed by atoms with E-state index in [1.165, 1.54) is 12.8 Å². The maximum absolute atomic E-state index is 11.3. The Bertz CT molecular complexity index is 411. The van der Waals surface area contributed by atoms with Crippen molar-refractivity contribution >= 4 is 11.7 Å². The number of hydrogen-bond acceptors (Lipinski definition) is 2. The lowest BCUT2D eigenvalue weighted by atomic mass is 10.0. The van der Waals surface area contributed by atoms with Gasteiger partial charge in [0.15, 0.2) is 0 Å². The van der Waals surface area contributed by atoms with Gasteiger partial charge in [-0.3, -0.25) is 0 Å². The smallest absolute Gasteiger partial charge is 0.326 e. The topological polar surface area (TPSA) is 40.5 Å². The van der Waals surface area contributed by atoms with E-state index in [-0.39, 0.29) is 6.04 Å². The van der Waals surface area contributed by atoms with Gasteiger partial charge >= 0.3 is 5.97 Å². The average Bonchev–Trinajstić information content (AvgIpc) is 2.91. The molecule has 1 saturated carbocycles. The summed E-state index contributed by atoms with van der Waals surface area (Å²) < 4.78 is 0. The largest absolute Gasteiger partial charge is 0.480 e. The van der Waals surface area contributed by atoms with Gasteiger partial charge in [-0.1, -0.05) is 18.2 Å². The highest BCUT2D eigenvalue weighted by molar-refractivity contribution is 5.79. The fourth-order valence-electron chi connectivity index (χ4n) is 2.71. The Labute approximate surface area is 94.7 Å². The van der Waals surface area contributed by atoms with Crippen molar-refractivity contribution in [3.8, 4) is 0 Å². The molecule has 1 atom stereocenters. The minimum atomic E-state index is -0.687. The van der Waals surface area contributed by atoms with Crippen molar-refractivity contribution < 1.29 is 9.90 Å². The summed E-state index contributed by atoms with van der Waals surface area (Å²) in [7, 11) is 0. The first kappa shape index (κ1) is 9.70. The van der Waals surface area contributed by atoms with Gasteiger partial charge in [0.05, 0.1) is 0 Å². The number of carbonyl (C=O) groups is 1. The van der Waals surface area contributed by atoms with Gasteiger partial charge in [0.2, 0.25) is 0 Å². The standard InChI is InChI=1S/C13H15NO2/c15-12(16)11-8-13(6-7-13)9-14(11)10-4-2-1-3-5-10/h1-5,11H,6-9H2,(H,15,16)/t11-/m0/s1. The number of hydrogen-bond donors (Lipinski definition) is 1. The van der Waals surface area contributed by atoms with Crippen molar-refractivity contribution in [3.05, 3.63) is 30.3 Å². The van der Waals surface area contributed by atoms with Crippen molar-refractivity contribution in [1.29, 1.82) is 0 Å². The van der Waals surface area contributed by atoms with E-state index in [9.17, 15) is 9.90 Å². The number of carboxylic acid groups (broad SMARTS) is 1. The lowest BCUT2D eigenvalue weighted by molar-refractivity contribution is -0.138. The van der Waals surface area contributed by atoms with Gasteiger partial charge in [-0.2, -0.15) is 0 Å². The minimum absolute atomic E-state index is 0.318. The molecular weight excluding hydrogens is 202 g/mol. The molecule has 1 aromatic rings. The van der Waals surface area contributed by atoms with Gasteiger partial charge in [0.1, 0.15) is 6.04 Å². The van der Waals surface area contributed by atoms with Crippen LogP contribution < -0.4 is 4.90 Å². The van der Waals surface area contributed by atoms with Crippen LogP contribution in [0.2, 0.25) is 0 Å². The van der Waals surface area contributed by atoms with Crippen LogP contribution in [0.15, 0.2) is 30.3 Å². The third-order valence-corrected chi connectivity index (χ3v) is 3.84. The molecule has 84 valence electrons. The van der Waals surface area contributed by atoms with Crippen molar-refractivity contribution in [2.75, 3.05) is 11.4 Å². The monoisotopic (exact) mass is 217 g/mol. The predicted octanol–water partition coefficient (Wildman–Crippen LogP) is 2.13. The molecule has 0 bridgehead atoms. The van der Waals surface area contributed by atoms with Crippen LogP contribution in [0.4, 0.5) is 5.69 Å². The second-order valence-electron chi connectivity index (χ2n) is 5.02. The number of rotatable bonds is 2. The van der Waals surface area contributed by atoms with Crippen LogP contribution >= 0.6 is 0 Å². The molecule has 3 nitrogen and oxygen atoms in total. The summed E-state index contributed by atoms with van der Waals surface area (Å²) in [4.78, 5) is 13.3. The molecule has 0 unspecified atom stereocenters. The molecule has 1 aliphatic heterocycles. The van der Waals surface area contributed by atoms with E-state index in [0.29, 0.717) is 5.41 Å². The molecule has 0 radical (unpaired) electrons. The Morgan fingerprint density at radius 2 is 2.00 bits per heavy atom. The molecule has 1 N–H and O–H groups in total. The second-order valence-corrected chi connectivity index (χ2v) is 5.02. The first-order valence-corrected chi connectivity index (χ1v) is 5.75. The third-order valence-electron chi connectivity index (χ3n) is 3.84. The first-order chi connectivity index (χ1) is 7.70. The van der Waals surface area contributed by atoms with Gasteiger partial charge in [-0.05, 0) is 36.8 Å². The van der Waals surface area contributed by atoms with Crippen molar-refractivity contribution in [2.45, 2.75) is 25.3 Å². The van der Waals surface area contributed by atoms with Gasteiger partial charge in [-0.25, -0.2) is 4.79 Å². The molecule has 0 amide bonds. The molecule has 2 fully saturated rings. The summed E-state index contributed by atoms with van der Waals surface area (Å²) in [6.45, 7) is 0.911. The Morgan fingerprint density at radius 1 is 1.31 bits per heavy atom. The van der Waals surface area contributed by atoms with E-state index in [2.05, 4.69) is 4.90 Å². The zero-order valence-corrected chi connectivity index (χ0v) is 9.10. The molecule has 1 heterocycles. The Hall–Kier alpha value is -1.51. The van der Waals surface area contributed by atoms with Crippen LogP contribution in [0.5, 0.6) is 0 Å². The van der Waals surface area contributed by atoms with Gasteiger partial charge in [0.25, 0.3) is 0 Å². The fourth-order valence-corrected chi connectivity index (χ4v) is 2.71. The molecule has 16 heavy (non-hydrogen) atoms. The number of nitrogens with zero attached hydrogens (tertiary/aromatic N) is 1. The molecule has 1 aromatic carbocycles. The number of para-hydroxylation sites is 1. The minimum Gasteiger partial charge on any atom is -0.480 e. The Balaban J connectivity index is 1.90. The fraction of sp³-hybridized carbons (Fsp3) is 0.462. The molecule has 2 aliphatic rings. The molecule has 0 aromatic heterocycles. The maximum Gasteiger partial charge on any atom is 0.326 e. The summed E-state index contributed by atoms with van der Waals surface area (Å²) >= 11 is 0. The molecule has 3 rings (SSSR count). The highest BCUT2D eigenvalue weighted by Crippen LogP contribution is 2.55. The van der Waals surface area contributed by atoms with Crippen LogP contribution in [0.3, 0.4) is 0 Å². The van der Waals surface area contributed by atoms with E-state index in [0.717, 1.165) is 18.7 Å². The molecule has 3 heteroatoms. The highest BCUT2D eigenvalue weighted by Gasteiger charge is 2.53. The SMILES string of the molecule is O=C(O)[C@@H]1CC2(CC2)CN1c1ccccc1. The van der Waals surface area contributed by atoms with Crippen molar-refractivity contribution in [1.82, 2.24) is 0 Å². The van der Waals surface area contributed by atoms with Crippen LogP contribution in [0.25, 0.3) is 0 Å². The van der Waals surface area contributed by atoms with E-state index < -0.39 is 5.97 Å². The van der Waals surface area contributed by atoms with Gasteiger partial charge < -0.3 is 10.0 Å². The lowest BCUT2D eigenvalue weighted by Crippen LogP contribution is -2.35. The normalized spacial score (nSPS) is 26.0. The second kappa shape index (κ2) is 3.24. The van der Waals surface area contributed by atoms with E-state index in [1.54, 1.807) is 0 Å². The summed E-state index contributed by atoms with van der Waals surface area (Å²) in [5.74, 6) is -0.687. The predicted molar refractivity (Wildman–Crippen MR) is 61.5 cm³/mol. The zero-order valence-electron chi connectivity index (χ0n) is 9.10. The summed E-state index contributed by atoms with van der Waals surface area (Å²) in [5.41, 5.74) is 1.36. The Kier molecular flexibility index (Phi) is 1.96. The quantitative estimate of drug-likeness (QED) is 0.825. The molecule has 1 spiro atoms. The summed E-state index contributed by atoms with van der Waals surface area (Å²) in [6.07, 6.45) is 3.21. The molecular formula is C13H15NO2. The highest BCUT2D eigenvalue weighted by atomic mass is 16.4. The Morgan fingerprint density at radius 3 is 2.56 bits per heavy atom. The van der Waals surface area contributed by atoms with Gasteiger partial charge in [-0.15, -0.1) is 0 Å². The molecule has 1 aliphatic carbocycles. The van der Waals surface area contributed by atoms with Crippen LogP contribution in [-0.4, -0.2) is 23.7 Å². The number of aliphatic carboxylic acids is 1. The number of benzene rings is 1. The van der Waals surface area contributed by atoms with E-state index in [4.69, 9.17) is 0 Å². The lowest BCUT2D eigenvalue weighted by Gasteiger charge is -2.23. The summed E-state index contributed by atoms with van der Waals surface area (Å²) in [5, 5.41) is 9.26. The van der Waals surface area contributed by atoms with E-state index >= 15 is 0 Å². The first-order valence-electron chi connectivity index (χ1n) is 5.75. The van der Waals surface area contributed by atoms with Crippen molar-refractivity contribution in [3.63, 3.8) is 0 Å². The maximum atomic E-state index is 11.3. The van der Waals surface area contributed by atoms with Gasteiger partial charge in [0, 0.05) is 12.2 Å². The number of carboxylic acids is 1. The van der Waals surface area contributed by atoms with Crippen LogP contribution in [0, 0.1) is 5.41 Å². The number of anilines is 1.